The van der Waals surface area contributed by atoms with Gasteiger partial charge in [-0.25, -0.2) is 8.42 Å². The fourth-order valence-corrected chi connectivity index (χ4v) is 2.47. The molecule has 1 amide bonds. The van der Waals surface area contributed by atoms with Crippen LogP contribution in [0.2, 0.25) is 0 Å². The van der Waals surface area contributed by atoms with Gasteiger partial charge >= 0.3 is 5.97 Å². The maximum absolute atomic E-state index is 11.8. The lowest BCUT2D eigenvalue weighted by Gasteiger charge is -2.18. The highest BCUT2D eigenvalue weighted by Crippen LogP contribution is 2.29. The van der Waals surface area contributed by atoms with Crippen LogP contribution >= 0.6 is 0 Å². The Morgan fingerprint density at radius 3 is 2.89 bits per heavy atom. The van der Waals surface area contributed by atoms with Gasteiger partial charge in [-0.05, 0) is 18.2 Å². The van der Waals surface area contributed by atoms with Crippen molar-refractivity contribution in [3.8, 4) is 5.75 Å². The first-order valence-electron chi connectivity index (χ1n) is 5.16. The zero-order valence-corrected chi connectivity index (χ0v) is 10.4. The summed E-state index contributed by atoms with van der Waals surface area (Å²) >= 11 is 0. The number of fused-ring (bicyclic) bond motifs is 1. The molecule has 0 saturated heterocycles. The normalized spacial score (nSPS) is 14.2. The molecule has 1 aromatic carbocycles. The number of nitrogens with one attached hydrogen (secondary N) is 2. The van der Waals surface area contributed by atoms with Crippen LogP contribution in [0, 0.1) is 0 Å². The van der Waals surface area contributed by atoms with Crippen LogP contribution in [0.15, 0.2) is 23.1 Å². The average molecular weight is 286 g/mol. The molecule has 3 N–H and O–H groups in total. The van der Waals surface area contributed by atoms with Gasteiger partial charge in [-0.2, -0.15) is 4.72 Å². The molecule has 0 fully saturated rings. The Balaban J connectivity index is 2.28. The number of hydrogen-bond donors (Lipinski definition) is 3. The van der Waals surface area contributed by atoms with Crippen LogP contribution in [-0.2, 0) is 19.6 Å². The molecule has 0 atom stereocenters. The van der Waals surface area contributed by atoms with Gasteiger partial charge in [0.25, 0.3) is 5.91 Å². The summed E-state index contributed by atoms with van der Waals surface area (Å²) in [5.74, 6) is -1.32. The Kier molecular flexibility index (Phi) is 3.40. The second kappa shape index (κ2) is 4.86. The second-order valence-electron chi connectivity index (χ2n) is 3.71. The minimum Gasteiger partial charge on any atom is -0.482 e. The molecule has 0 aliphatic carbocycles. The van der Waals surface area contributed by atoms with Crippen LogP contribution in [0.5, 0.6) is 5.75 Å². The number of benzene rings is 1. The minimum atomic E-state index is -3.94. The third-order valence-corrected chi connectivity index (χ3v) is 3.71. The fourth-order valence-electron chi connectivity index (χ4n) is 1.47. The van der Waals surface area contributed by atoms with Crippen LogP contribution in [0.3, 0.4) is 0 Å². The lowest BCUT2D eigenvalue weighted by atomic mass is 10.2. The maximum atomic E-state index is 11.8. The second-order valence-corrected chi connectivity index (χ2v) is 5.48. The number of amides is 1. The quantitative estimate of drug-likeness (QED) is 0.678. The summed E-state index contributed by atoms with van der Waals surface area (Å²) in [6.45, 7) is -0.849. The number of sulfonamides is 1. The first kappa shape index (κ1) is 13.3. The van der Waals surface area contributed by atoms with E-state index in [9.17, 15) is 18.0 Å². The Bertz CT molecular complexity index is 639. The number of hydrogen-bond acceptors (Lipinski definition) is 5. The molecule has 19 heavy (non-hydrogen) atoms. The standard InChI is InChI=1S/C10H10N2O6S/c13-9-5-18-8-2-1-6(3-7(8)12-9)19(16,17)11-4-10(14)15/h1-3,11H,4-5H2,(H,12,13)(H,14,15). The van der Waals surface area contributed by atoms with Crippen molar-refractivity contribution in [1.29, 1.82) is 0 Å². The molecular weight excluding hydrogens is 276 g/mol. The molecule has 0 saturated carbocycles. The summed E-state index contributed by atoms with van der Waals surface area (Å²) in [6, 6.07) is 3.86. The molecule has 0 unspecified atom stereocenters. The molecule has 102 valence electrons. The largest absolute Gasteiger partial charge is 0.482 e. The van der Waals surface area contributed by atoms with E-state index < -0.39 is 22.5 Å². The third-order valence-electron chi connectivity index (χ3n) is 2.31. The highest BCUT2D eigenvalue weighted by Gasteiger charge is 2.21. The molecule has 1 aromatic rings. The molecular formula is C10H10N2O6S. The molecule has 0 spiro atoms. The van der Waals surface area contributed by atoms with E-state index in [1.54, 1.807) is 0 Å². The van der Waals surface area contributed by atoms with Crippen molar-refractivity contribution in [3.05, 3.63) is 18.2 Å². The summed E-state index contributed by atoms with van der Waals surface area (Å²) in [7, 11) is -3.94. The molecule has 1 heterocycles. The lowest BCUT2D eigenvalue weighted by Crippen LogP contribution is -2.30. The number of carbonyl (C=O) groups excluding carboxylic acids is 1. The molecule has 0 bridgehead atoms. The topological polar surface area (TPSA) is 122 Å². The average Bonchev–Trinajstić information content (AvgIpc) is 2.35. The van der Waals surface area contributed by atoms with Crippen molar-refractivity contribution in [2.24, 2.45) is 0 Å². The van der Waals surface area contributed by atoms with Gasteiger partial charge in [0.15, 0.2) is 6.61 Å². The van der Waals surface area contributed by atoms with Gasteiger partial charge in [-0.1, -0.05) is 0 Å². The van der Waals surface area contributed by atoms with Gasteiger partial charge in [0, 0.05) is 0 Å². The van der Waals surface area contributed by atoms with Gasteiger partial charge in [-0.3, -0.25) is 9.59 Å². The Hall–Kier alpha value is -2.13. The molecule has 9 heteroatoms. The van der Waals surface area contributed by atoms with Crippen LogP contribution < -0.4 is 14.8 Å². The van der Waals surface area contributed by atoms with Gasteiger partial charge in [0.2, 0.25) is 10.0 Å². The summed E-state index contributed by atoms with van der Waals surface area (Å²) in [4.78, 5) is 21.3. The highest BCUT2D eigenvalue weighted by molar-refractivity contribution is 7.89. The van der Waals surface area contributed by atoms with E-state index in [1.165, 1.54) is 18.2 Å². The predicted molar refractivity (Wildman–Crippen MR) is 63.4 cm³/mol. The smallest absolute Gasteiger partial charge is 0.318 e. The number of ether oxygens (including phenoxy) is 1. The van der Waals surface area contributed by atoms with Gasteiger partial charge in [-0.15, -0.1) is 0 Å². The lowest BCUT2D eigenvalue weighted by molar-refractivity contribution is -0.135. The van der Waals surface area contributed by atoms with Crippen molar-refractivity contribution in [2.45, 2.75) is 4.90 Å². The predicted octanol–water partition coefficient (Wildman–Crippen LogP) is -0.620. The van der Waals surface area contributed by atoms with Crippen molar-refractivity contribution >= 4 is 27.6 Å². The maximum Gasteiger partial charge on any atom is 0.318 e. The summed E-state index contributed by atoms with van der Waals surface area (Å²) in [5, 5.41) is 10.9. The summed E-state index contributed by atoms with van der Waals surface area (Å²) < 4.78 is 30.5. The van der Waals surface area contributed by atoms with Crippen LogP contribution in [0.25, 0.3) is 0 Å². The monoisotopic (exact) mass is 286 g/mol. The number of rotatable bonds is 4. The van der Waals surface area contributed by atoms with Crippen molar-refractivity contribution in [2.75, 3.05) is 18.5 Å². The zero-order chi connectivity index (χ0) is 14.0. The number of carboxylic acid groups (broad SMARTS) is 1. The van der Waals surface area contributed by atoms with Crippen LogP contribution in [-0.4, -0.2) is 38.6 Å². The van der Waals surface area contributed by atoms with E-state index in [0.29, 0.717) is 5.75 Å². The van der Waals surface area contributed by atoms with Gasteiger partial charge in [0.05, 0.1) is 10.6 Å². The van der Waals surface area contributed by atoms with Crippen molar-refractivity contribution in [1.82, 2.24) is 4.72 Å². The van der Waals surface area contributed by atoms with E-state index >= 15 is 0 Å². The van der Waals surface area contributed by atoms with E-state index in [0.717, 1.165) is 0 Å². The number of anilines is 1. The molecule has 1 aliphatic rings. The summed E-state index contributed by atoms with van der Waals surface area (Å²) in [5.41, 5.74) is 0.231. The Labute approximate surface area is 108 Å². The number of carboxylic acids is 1. The van der Waals surface area contributed by atoms with E-state index in [2.05, 4.69) is 5.32 Å². The van der Waals surface area contributed by atoms with Crippen molar-refractivity contribution < 1.29 is 27.9 Å². The van der Waals surface area contributed by atoms with E-state index in [1.807, 2.05) is 4.72 Å². The van der Waals surface area contributed by atoms with Crippen LogP contribution in [0.4, 0.5) is 5.69 Å². The van der Waals surface area contributed by atoms with Gasteiger partial charge in [0.1, 0.15) is 12.3 Å². The Morgan fingerprint density at radius 2 is 2.21 bits per heavy atom. The van der Waals surface area contributed by atoms with E-state index in [4.69, 9.17) is 9.84 Å². The first-order chi connectivity index (χ1) is 8.88. The summed E-state index contributed by atoms with van der Waals surface area (Å²) in [6.07, 6.45) is 0. The van der Waals surface area contributed by atoms with E-state index in [-0.39, 0.29) is 23.1 Å². The minimum absolute atomic E-state index is 0.129. The van der Waals surface area contributed by atoms with Gasteiger partial charge < -0.3 is 15.2 Å². The molecule has 8 nitrogen and oxygen atoms in total. The highest BCUT2D eigenvalue weighted by atomic mass is 32.2. The molecule has 1 aliphatic heterocycles. The first-order valence-corrected chi connectivity index (χ1v) is 6.65. The molecule has 0 aromatic heterocycles. The molecule has 0 radical (unpaired) electrons. The number of aliphatic carboxylic acids is 1. The van der Waals surface area contributed by atoms with Crippen LogP contribution in [0.1, 0.15) is 0 Å². The zero-order valence-electron chi connectivity index (χ0n) is 9.54. The number of carbonyl (C=O) groups is 2. The molecule has 2 rings (SSSR count). The Morgan fingerprint density at radius 1 is 1.47 bits per heavy atom. The fraction of sp³-hybridized carbons (Fsp3) is 0.200. The van der Waals surface area contributed by atoms with Crippen molar-refractivity contribution in [3.63, 3.8) is 0 Å². The SMILES string of the molecule is O=C(O)CNS(=O)(=O)c1ccc2c(c1)NC(=O)CO2. The third kappa shape index (κ3) is 3.01.